The molecule has 0 atom stereocenters. The molecule has 0 aliphatic carbocycles. The minimum atomic E-state index is -0.447. The summed E-state index contributed by atoms with van der Waals surface area (Å²) in [6, 6.07) is 0. The van der Waals surface area contributed by atoms with Crippen LogP contribution >= 0.6 is 0 Å². The molecule has 0 amide bonds. The van der Waals surface area contributed by atoms with Gasteiger partial charge in [0, 0.05) is 33.2 Å². The number of aromatic nitrogens is 3. The van der Waals surface area contributed by atoms with E-state index in [0.717, 1.165) is 9.25 Å². The van der Waals surface area contributed by atoms with Crippen molar-refractivity contribution in [1.82, 2.24) is 14.3 Å². The van der Waals surface area contributed by atoms with Gasteiger partial charge < -0.3 is 10.6 Å². The van der Waals surface area contributed by atoms with E-state index in [1.54, 1.807) is 11.9 Å². The van der Waals surface area contributed by atoms with Gasteiger partial charge in [-0.15, -0.1) is 5.10 Å². The molecule has 0 fully saturated rings. The highest BCUT2D eigenvalue weighted by atomic mass is 16.2. The molecule has 96 valence electrons. The summed E-state index contributed by atoms with van der Waals surface area (Å²) in [5.74, 6) is 0.213. The third kappa shape index (κ3) is 2.23. The first kappa shape index (κ1) is 13.4. The van der Waals surface area contributed by atoms with Crippen LogP contribution in [-0.4, -0.2) is 33.5 Å². The minimum absolute atomic E-state index is 0.213. The first-order valence-corrected chi connectivity index (χ1v) is 5.30. The van der Waals surface area contributed by atoms with Crippen molar-refractivity contribution in [3.05, 3.63) is 20.8 Å². The first-order valence-electron chi connectivity index (χ1n) is 5.30. The van der Waals surface area contributed by atoms with Crippen molar-refractivity contribution in [3.63, 3.8) is 0 Å². The van der Waals surface area contributed by atoms with Crippen molar-refractivity contribution < 1.29 is 0 Å². The molecule has 0 spiro atoms. The predicted octanol–water partition coefficient (Wildman–Crippen LogP) is -1.35. The number of nitrogens with zero attached hydrogens (tertiary/aromatic N) is 4. The summed E-state index contributed by atoms with van der Waals surface area (Å²) in [4.78, 5) is 25.1. The lowest BCUT2D eigenvalue weighted by molar-refractivity contribution is 0.478. The molecule has 0 aliphatic rings. The predicted molar refractivity (Wildman–Crippen MR) is 66.3 cm³/mol. The molecule has 1 aromatic heterocycles. The largest absolute Gasteiger partial charge is 0.347 e. The molecule has 2 N–H and O–H groups in total. The van der Waals surface area contributed by atoms with Crippen LogP contribution in [0.15, 0.2) is 9.59 Å². The van der Waals surface area contributed by atoms with E-state index in [1.807, 2.05) is 13.8 Å². The van der Waals surface area contributed by atoms with Crippen LogP contribution in [0.4, 0.5) is 5.82 Å². The zero-order valence-electron chi connectivity index (χ0n) is 10.9. The van der Waals surface area contributed by atoms with Crippen LogP contribution in [0.1, 0.15) is 13.8 Å². The van der Waals surface area contributed by atoms with Gasteiger partial charge in [-0.05, 0) is 13.8 Å². The summed E-state index contributed by atoms with van der Waals surface area (Å²) in [6.45, 7) is 4.18. The summed E-state index contributed by atoms with van der Waals surface area (Å²) >= 11 is 0. The molecule has 0 aliphatic heterocycles. The number of nitrogens with two attached hydrogens (primary N) is 1. The lowest BCUT2D eigenvalue weighted by atomic mass is 10.0. The lowest BCUT2D eigenvalue weighted by Gasteiger charge is -2.34. The Hall–Kier alpha value is -1.63. The van der Waals surface area contributed by atoms with E-state index in [1.165, 1.54) is 14.1 Å². The van der Waals surface area contributed by atoms with Gasteiger partial charge in [-0.25, -0.2) is 9.48 Å². The average Bonchev–Trinajstić information content (AvgIpc) is 2.30. The zero-order chi connectivity index (χ0) is 13.4. The van der Waals surface area contributed by atoms with Gasteiger partial charge in [-0.2, -0.15) is 0 Å². The van der Waals surface area contributed by atoms with Gasteiger partial charge in [-0.3, -0.25) is 9.36 Å². The Bertz CT molecular complexity index is 528. The molecule has 1 heterocycles. The molecule has 0 bridgehead atoms. The van der Waals surface area contributed by atoms with Gasteiger partial charge in [0.1, 0.15) is 0 Å². The maximum Gasteiger partial charge on any atom is 0.346 e. The second-order valence-corrected chi connectivity index (χ2v) is 4.67. The van der Waals surface area contributed by atoms with Gasteiger partial charge >= 0.3 is 5.69 Å². The second kappa shape index (κ2) is 4.33. The third-order valence-electron chi connectivity index (χ3n) is 3.03. The van der Waals surface area contributed by atoms with Crippen LogP contribution in [0.5, 0.6) is 0 Å². The highest BCUT2D eigenvalue weighted by Crippen LogP contribution is 2.14. The molecule has 0 radical (unpaired) electrons. The molecule has 7 heteroatoms. The number of aryl methyl sites for hydroxylation is 1. The maximum absolute atomic E-state index is 12.0. The highest BCUT2D eigenvalue weighted by molar-refractivity contribution is 5.37. The summed E-state index contributed by atoms with van der Waals surface area (Å²) in [6.07, 6.45) is 0. The lowest BCUT2D eigenvalue weighted by Crippen LogP contribution is -2.52. The highest BCUT2D eigenvalue weighted by Gasteiger charge is 2.26. The summed E-state index contributed by atoms with van der Waals surface area (Å²) in [7, 11) is 4.68. The van der Waals surface area contributed by atoms with Crippen molar-refractivity contribution in [2.24, 2.45) is 19.8 Å². The Morgan fingerprint density at radius 3 is 2.35 bits per heavy atom. The first-order chi connectivity index (χ1) is 7.72. The smallest absolute Gasteiger partial charge is 0.346 e. The minimum Gasteiger partial charge on any atom is -0.347 e. The van der Waals surface area contributed by atoms with E-state index in [0.29, 0.717) is 6.54 Å². The topological polar surface area (TPSA) is 86.2 Å². The fourth-order valence-corrected chi connectivity index (χ4v) is 1.32. The summed E-state index contributed by atoms with van der Waals surface area (Å²) in [5.41, 5.74) is 4.38. The van der Waals surface area contributed by atoms with Gasteiger partial charge in [-0.1, -0.05) is 0 Å². The van der Waals surface area contributed by atoms with Crippen molar-refractivity contribution >= 4 is 5.82 Å². The van der Waals surface area contributed by atoms with Crippen molar-refractivity contribution in [3.8, 4) is 0 Å². The van der Waals surface area contributed by atoms with Crippen molar-refractivity contribution in [1.29, 1.82) is 0 Å². The normalized spacial score (nSPS) is 11.6. The van der Waals surface area contributed by atoms with Crippen LogP contribution in [0.25, 0.3) is 0 Å². The zero-order valence-corrected chi connectivity index (χ0v) is 10.9. The Morgan fingerprint density at radius 1 is 1.35 bits per heavy atom. The molecule has 17 heavy (non-hydrogen) atoms. The quantitative estimate of drug-likeness (QED) is 0.707. The van der Waals surface area contributed by atoms with Crippen LogP contribution in [0.2, 0.25) is 0 Å². The van der Waals surface area contributed by atoms with Crippen LogP contribution in [-0.2, 0) is 14.1 Å². The number of rotatable bonds is 3. The maximum atomic E-state index is 12.0. The van der Waals surface area contributed by atoms with Gasteiger partial charge in [0.15, 0.2) is 0 Å². The fourth-order valence-electron chi connectivity index (χ4n) is 1.32. The SMILES string of the molecule is CN(c1nn(C)c(=O)n(C)c1=O)C(C)(C)CN. The monoisotopic (exact) mass is 241 g/mol. The molecule has 0 saturated carbocycles. The standard InChI is InChI=1S/C10H19N5O2/c1-10(2,6-11)14(4)7-8(16)13(3)9(17)15(5)12-7/h6,11H2,1-5H3. The molecule has 1 rings (SSSR count). The summed E-state index contributed by atoms with van der Waals surface area (Å²) in [5, 5.41) is 3.99. The third-order valence-corrected chi connectivity index (χ3v) is 3.03. The molecular weight excluding hydrogens is 222 g/mol. The van der Waals surface area contributed by atoms with E-state index in [-0.39, 0.29) is 5.82 Å². The Labute approximate surface area is 99.5 Å². The molecule has 0 unspecified atom stereocenters. The van der Waals surface area contributed by atoms with Crippen molar-refractivity contribution in [2.75, 3.05) is 18.5 Å². The second-order valence-electron chi connectivity index (χ2n) is 4.67. The fraction of sp³-hybridized carbons (Fsp3) is 0.700. The number of anilines is 1. The van der Waals surface area contributed by atoms with E-state index in [2.05, 4.69) is 5.10 Å². The summed E-state index contributed by atoms with van der Waals surface area (Å²) < 4.78 is 2.17. The van der Waals surface area contributed by atoms with Crippen LogP contribution < -0.4 is 21.9 Å². The Morgan fingerprint density at radius 2 is 1.88 bits per heavy atom. The molecule has 0 saturated heterocycles. The van der Waals surface area contributed by atoms with Crippen molar-refractivity contribution in [2.45, 2.75) is 19.4 Å². The molecule has 1 aromatic rings. The van der Waals surface area contributed by atoms with Crippen LogP contribution in [0, 0.1) is 0 Å². The van der Waals surface area contributed by atoms with E-state index in [4.69, 9.17) is 5.73 Å². The number of likely N-dealkylation sites (N-methyl/N-ethyl adjacent to an activating group) is 1. The molecular formula is C10H19N5O2. The van der Waals surface area contributed by atoms with Gasteiger partial charge in [0.2, 0.25) is 5.82 Å². The number of hydrogen-bond acceptors (Lipinski definition) is 5. The van der Waals surface area contributed by atoms with E-state index < -0.39 is 16.8 Å². The van der Waals surface area contributed by atoms with Crippen LogP contribution in [0.3, 0.4) is 0 Å². The molecule has 0 aromatic carbocycles. The Balaban J connectivity index is 3.44. The van der Waals surface area contributed by atoms with Gasteiger partial charge in [0.25, 0.3) is 5.56 Å². The number of hydrogen-bond donors (Lipinski definition) is 1. The Kier molecular flexibility index (Phi) is 3.42. The average molecular weight is 241 g/mol. The van der Waals surface area contributed by atoms with E-state index in [9.17, 15) is 9.59 Å². The van der Waals surface area contributed by atoms with E-state index >= 15 is 0 Å². The molecule has 7 nitrogen and oxygen atoms in total. The van der Waals surface area contributed by atoms with Gasteiger partial charge in [0.05, 0.1) is 0 Å².